The van der Waals surface area contributed by atoms with Crippen molar-refractivity contribution >= 4 is 22.5 Å². The first-order valence-electron chi connectivity index (χ1n) is 3.04. The molecule has 1 heterocycles. The van der Waals surface area contributed by atoms with Crippen molar-refractivity contribution in [3.05, 3.63) is 30.1 Å². The molecule has 0 N–H and O–H groups in total. The van der Waals surface area contributed by atoms with Gasteiger partial charge in [0.1, 0.15) is 0 Å². The average Bonchev–Trinajstić information content (AvgIpc) is 2.05. The van der Waals surface area contributed by atoms with Crippen molar-refractivity contribution in [2.45, 2.75) is 12.2 Å². The molecule has 1 aromatic heterocycles. The summed E-state index contributed by atoms with van der Waals surface area (Å²) < 4.78 is 0. The SMILES string of the molecule is CC(SS)c1cccnc1. The Bertz CT molecular complexity index is 188. The number of nitrogens with zero attached hydrogens (tertiary/aromatic N) is 1. The Morgan fingerprint density at radius 3 is 3.00 bits per heavy atom. The summed E-state index contributed by atoms with van der Waals surface area (Å²) in [6.45, 7) is 2.11. The van der Waals surface area contributed by atoms with Gasteiger partial charge >= 0.3 is 0 Å². The van der Waals surface area contributed by atoms with Crippen LogP contribution in [-0.4, -0.2) is 4.98 Å². The average molecular weight is 171 g/mol. The molecule has 54 valence electrons. The summed E-state index contributed by atoms with van der Waals surface area (Å²) >= 11 is 4.12. The van der Waals surface area contributed by atoms with Crippen LogP contribution in [0.2, 0.25) is 0 Å². The van der Waals surface area contributed by atoms with Crippen LogP contribution in [0.25, 0.3) is 0 Å². The lowest BCUT2D eigenvalue weighted by molar-refractivity contribution is 1.08. The van der Waals surface area contributed by atoms with Gasteiger partial charge in [-0.2, -0.15) is 0 Å². The smallest absolute Gasteiger partial charge is 0.0385 e. The fraction of sp³-hybridized carbons (Fsp3) is 0.286. The molecular weight excluding hydrogens is 162 g/mol. The van der Waals surface area contributed by atoms with E-state index >= 15 is 0 Å². The molecule has 10 heavy (non-hydrogen) atoms. The minimum atomic E-state index is 0.428. The highest BCUT2D eigenvalue weighted by atomic mass is 33.1. The maximum atomic E-state index is 4.12. The predicted molar refractivity (Wildman–Crippen MR) is 49.2 cm³/mol. The normalized spacial score (nSPS) is 13.0. The molecule has 3 heteroatoms. The lowest BCUT2D eigenvalue weighted by Crippen LogP contribution is -1.85. The van der Waals surface area contributed by atoms with Gasteiger partial charge < -0.3 is 0 Å². The monoisotopic (exact) mass is 171 g/mol. The zero-order chi connectivity index (χ0) is 7.40. The first-order valence-corrected chi connectivity index (χ1v) is 4.98. The van der Waals surface area contributed by atoms with Crippen LogP contribution in [0, 0.1) is 0 Å². The standard InChI is InChI=1S/C7H9NS2/c1-6(10-9)7-3-2-4-8-5-7/h2-6,9H,1H3. The largest absolute Gasteiger partial charge is 0.264 e. The second-order valence-corrected chi connectivity index (χ2v) is 3.58. The third-order valence-electron chi connectivity index (χ3n) is 1.31. The molecular formula is C7H9NS2. The Morgan fingerprint density at radius 1 is 1.70 bits per heavy atom. The Hall–Kier alpha value is -0.150. The Labute approximate surface area is 70.1 Å². The van der Waals surface area contributed by atoms with Crippen LogP contribution in [0.4, 0.5) is 0 Å². The summed E-state index contributed by atoms with van der Waals surface area (Å²) in [4.78, 5) is 4.01. The lowest BCUT2D eigenvalue weighted by atomic mass is 10.2. The first kappa shape index (κ1) is 7.95. The van der Waals surface area contributed by atoms with Crippen molar-refractivity contribution < 1.29 is 0 Å². The van der Waals surface area contributed by atoms with Crippen molar-refractivity contribution in [2.24, 2.45) is 0 Å². The van der Waals surface area contributed by atoms with E-state index < -0.39 is 0 Å². The van der Waals surface area contributed by atoms with E-state index in [2.05, 4.69) is 29.6 Å². The van der Waals surface area contributed by atoms with Gasteiger partial charge in [-0.25, -0.2) is 0 Å². The van der Waals surface area contributed by atoms with Gasteiger partial charge in [0, 0.05) is 17.6 Å². The minimum Gasteiger partial charge on any atom is -0.264 e. The Morgan fingerprint density at radius 2 is 2.50 bits per heavy atom. The number of thiol groups is 1. The molecule has 0 bridgehead atoms. The van der Waals surface area contributed by atoms with Crippen LogP contribution in [0.1, 0.15) is 17.7 Å². The van der Waals surface area contributed by atoms with Gasteiger partial charge in [-0.05, 0) is 18.6 Å². The summed E-state index contributed by atoms with van der Waals surface area (Å²) in [6.07, 6.45) is 3.65. The maximum Gasteiger partial charge on any atom is 0.0385 e. The van der Waals surface area contributed by atoms with Crippen LogP contribution in [0.5, 0.6) is 0 Å². The van der Waals surface area contributed by atoms with E-state index in [-0.39, 0.29) is 0 Å². The highest BCUT2D eigenvalue weighted by molar-refractivity contribution is 8.68. The highest BCUT2D eigenvalue weighted by Gasteiger charge is 2.01. The molecule has 1 aromatic rings. The van der Waals surface area contributed by atoms with Crippen LogP contribution in [-0.2, 0) is 0 Å². The van der Waals surface area contributed by atoms with E-state index in [0.29, 0.717) is 5.25 Å². The van der Waals surface area contributed by atoms with E-state index in [4.69, 9.17) is 0 Å². The summed E-state index contributed by atoms with van der Waals surface area (Å²) in [5.41, 5.74) is 1.22. The van der Waals surface area contributed by atoms with E-state index in [1.54, 1.807) is 6.20 Å². The fourth-order valence-corrected chi connectivity index (χ4v) is 1.30. The molecule has 1 rings (SSSR count). The topological polar surface area (TPSA) is 12.9 Å². The van der Waals surface area contributed by atoms with Gasteiger partial charge in [0.15, 0.2) is 0 Å². The molecule has 0 radical (unpaired) electrons. The van der Waals surface area contributed by atoms with Crippen molar-refractivity contribution in [1.82, 2.24) is 4.98 Å². The molecule has 0 aromatic carbocycles. The van der Waals surface area contributed by atoms with Crippen LogP contribution in [0.15, 0.2) is 24.5 Å². The van der Waals surface area contributed by atoms with E-state index in [1.807, 2.05) is 12.3 Å². The summed E-state index contributed by atoms with van der Waals surface area (Å²) in [5, 5.41) is 0.428. The third-order valence-corrected chi connectivity index (χ3v) is 2.85. The van der Waals surface area contributed by atoms with E-state index in [0.717, 1.165) is 0 Å². The quantitative estimate of drug-likeness (QED) is 0.543. The van der Waals surface area contributed by atoms with Gasteiger partial charge in [-0.15, -0.1) is 11.7 Å². The first-order chi connectivity index (χ1) is 4.84. The summed E-state index contributed by atoms with van der Waals surface area (Å²) in [5.74, 6) is 0. The van der Waals surface area contributed by atoms with Gasteiger partial charge in [0.05, 0.1) is 0 Å². The van der Waals surface area contributed by atoms with Crippen LogP contribution in [0.3, 0.4) is 0 Å². The zero-order valence-electron chi connectivity index (χ0n) is 5.69. The molecule has 1 nitrogen and oxygen atoms in total. The number of hydrogen-bond acceptors (Lipinski definition) is 3. The molecule has 0 aliphatic heterocycles. The van der Waals surface area contributed by atoms with Gasteiger partial charge in [-0.3, -0.25) is 4.98 Å². The predicted octanol–water partition coefficient (Wildman–Crippen LogP) is 2.72. The number of pyridine rings is 1. The van der Waals surface area contributed by atoms with Crippen LogP contribution >= 0.6 is 22.5 Å². The highest BCUT2D eigenvalue weighted by Crippen LogP contribution is 2.29. The number of rotatable bonds is 2. The molecule has 0 amide bonds. The zero-order valence-corrected chi connectivity index (χ0v) is 7.40. The minimum absolute atomic E-state index is 0.428. The van der Waals surface area contributed by atoms with Crippen LogP contribution < -0.4 is 0 Å². The van der Waals surface area contributed by atoms with E-state index in [1.165, 1.54) is 16.4 Å². The maximum absolute atomic E-state index is 4.12. The third kappa shape index (κ3) is 1.92. The molecule has 0 aliphatic carbocycles. The molecule has 0 saturated heterocycles. The summed E-state index contributed by atoms with van der Waals surface area (Å²) in [6, 6.07) is 4.00. The second-order valence-electron chi connectivity index (χ2n) is 2.03. The number of aromatic nitrogens is 1. The lowest BCUT2D eigenvalue weighted by Gasteiger charge is -2.04. The molecule has 0 fully saturated rings. The molecule has 0 saturated carbocycles. The molecule has 1 atom stereocenters. The fourth-order valence-electron chi connectivity index (χ4n) is 0.677. The van der Waals surface area contributed by atoms with Gasteiger partial charge in [0.25, 0.3) is 0 Å². The summed E-state index contributed by atoms with van der Waals surface area (Å²) in [7, 11) is 1.53. The Balaban J connectivity index is 2.75. The van der Waals surface area contributed by atoms with Gasteiger partial charge in [0.2, 0.25) is 0 Å². The molecule has 1 unspecified atom stereocenters. The Kier molecular flexibility index (Phi) is 3.09. The molecule has 0 spiro atoms. The second kappa shape index (κ2) is 3.88. The molecule has 0 aliphatic rings. The van der Waals surface area contributed by atoms with E-state index in [9.17, 15) is 0 Å². The van der Waals surface area contributed by atoms with Crippen molar-refractivity contribution in [3.63, 3.8) is 0 Å². The van der Waals surface area contributed by atoms with Crippen molar-refractivity contribution in [1.29, 1.82) is 0 Å². The van der Waals surface area contributed by atoms with Crippen molar-refractivity contribution in [3.8, 4) is 0 Å². The van der Waals surface area contributed by atoms with Crippen molar-refractivity contribution in [2.75, 3.05) is 0 Å². The van der Waals surface area contributed by atoms with Gasteiger partial charge in [-0.1, -0.05) is 16.9 Å². The number of hydrogen-bond donors (Lipinski definition) is 1.